The largest absolute Gasteiger partial charge is 0.465 e. The molecular weight excluding hydrogens is 222 g/mol. The topological polar surface area (TPSA) is 66.8 Å². The van der Waals surface area contributed by atoms with Crippen LogP contribution in [0.2, 0.25) is 0 Å². The molecule has 0 saturated heterocycles. The molecule has 0 bridgehead atoms. The van der Waals surface area contributed by atoms with Gasteiger partial charge in [-0.15, -0.1) is 0 Å². The summed E-state index contributed by atoms with van der Waals surface area (Å²) in [4.78, 5) is 24.7. The Morgan fingerprint density at radius 3 is 2.82 bits per heavy atom. The van der Waals surface area contributed by atoms with Gasteiger partial charge in [0, 0.05) is 12.7 Å². The Bertz CT molecular complexity index is 483. The Hall–Kier alpha value is -1.88. The average Bonchev–Trinajstić information content (AvgIpc) is 2.60. The van der Waals surface area contributed by atoms with E-state index in [1.165, 1.54) is 12.0 Å². The van der Waals surface area contributed by atoms with Crippen LogP contribution in [0.4, 0.5) is 5.69 Å². The van der Waals surface area contributed by atoms with E-state index in [1.807, 2.05) is 0 Å². The maximum Gasteiger partial charge on any atom is 0.337 e. The van der Waals surface area contributed by atoms with Crippen LogP contribution < -0.4 is 4.90 Å². The van der Waals surface area contributed by atoms with Gasteiger partial charge in [-0.05, 0) is 23.8 Å². The molecule has 1 aromatic rings. The van der Waals surface area contributed by atoms with E-state index in [0.717, 1.165) is 5.69 Å². The molecule has 0 aromatic heterocycles. The minimum Gasteiger partial charge on any atom is -0.465 e. The average molecular weight is 235 g/mol. The van der Waals surface area contributed by atoms with Crippen LogP contribution in [0.1, 0.15) is 21.8 Å². The molecule has 90 valence electrons. The molecule has 1 aromatic carbocycles. The number of benzene rings is 1. The van der Waals surface area contributed by atoms with Crippen molar-refractivity contribution >= 4 is 17.6 Å². The summed E-state index contributed by atoms with van der Waals surface area (Å²) in [5.74, 6) is -1.20. The van der Waals surface area contributed by atoms with E-state index in [4.69, 9.17) is 0 Å². The minimum atomic E-state index is -0.584. The number of ether oxygens (including phenoxy) is 1. The van der Waals surface area contributed by atoms with Crippen LogP contribution in [-0.2, 0) is 9.53 Å². The van der Waals surface area contributed by atoms with Gasteiger partial charge in [-0.3, -0.25) is 4.79 Å². The van der Waals surface area contributed by atoms with Gasteiger partial charge in [0.2, 0.25) is 5.91 Å². The Morgan fingerprint density at radius 1 is 1.53 bits per heavy atom. The lowest BCUT2D eigenvalue weighted by atomic mass is 9.99. The first-order chi connectivity index (χ1) is 8.10. The van der Waals surface area contributed by atoms with Gasteiger partial charge in [0.05, 0.1) is 25.2 Å². The summed E-state index contributed by atoms with van der Waals surface area (Å²) < 4.78 is 4.62. The van der Waals surface area contributed by atoms with Crippen LogP contribution in [0.15, 0.2) is 18.2 Å². The quantitative estimate of drug-likeness (QED) is 0.759. The minimum absolute atomic E-state index is 0.162. The monoisotopic (exact) mass is 235 g/mol. The second-order valence-electron chi connectivity index (χ2n) is 3.90. The highest BCUT2D eigenvalue weighted by Gasteiger charge is 2.35. The van der Waals surface area contributed by atoms with E-state index < -0.39 is 11.9 Å². The molecule has 0 radical (unpaired) electrons. The van der Waals surface area contributed by atoms with Gasteiger partial charge in [-0.25, -0.2) is 4.79 Å². The van der Waals surface area contributed by atoms with E-state index in [-0.39, 0.29) is 12.5 Å². The standard InChI is InChI=1S/C12H13NO4/c1-13-10-4-3-7(12(16)17-2)5-8(10)9(6-14)11(13)15/h3-5,9,14H,6H2,1-2H3. The number of likely N-dealkylation sites (N-methyl/N-ethyl adjacent to an activating group) is 1. The SMILES string of the molecule is COC(=O)c1ccc2c(c1)C(CO)C(=O)N2C. The van der Waals surface area contributed by atoms with Crippen LogP contribution in [0.3, 0.4) is 0 Å². The molecule has 0 aliphatic carbocycles. The van der Waals surface area contributed by atoms with E-state index in [0.29, 0.717) is 11.1 Å². The van der Waals surface area contributed by atoms with Crippen LogP contribution >= 0.6 is 0 Å². The molecule has 1 aliphatic heterocycles. The summed E-state index contributed by atoms with van der Waals surface area (Å²) in [6.45, 7) is -0.263. The van der Waals surface area contributed by atoms with E-state index in [2.05, 4.69) is 4.74 Å². The number of amides is 1. The molecule has 1 heterocycles. The smallest absolute Gasteiger partial charge is 0.337 e. The number of aliphatic hydroxyl groups is 1. The second kappa shape index (κ2) is 4.18. The van der Waals surface area contributed by atoms with Crippen LogP contribution in [0.5, 0.6) is 0 Å². The number of methoxy groups -OCH3 is 1. The predicted octanol–water partition coefficient (Wildman–Crippen LogP) is 0.526. The molecule has 17 heavy (non-hydrogen) atoms. The van der Waals surface area contributed by atoms with Crippen molar-refractivity contribution in [2.45, 2.75) is 5.92 Å². The Morgan fingerprint density at radius 2 is 2.24 bits per heavy atom. The van der Waals surface area contributed by atoms with Crippen LogP contribution in [0.25, 0.3) is 0 Å². The van der Waals surface area contributed by atoms with Crippen molar-refractivity contribution in [1.29, 1.82) is 0 Å². The van der Waals surface area contributed by atoms with Crippen molar-refractivity contribution in [3.05, 3.63) is 29.3 Å². The zero-order chi connectivity index (χ0) is 12.6. The third kappa shape index (κ3) is 1.68. The number of esters is 1. The van der Waals surface area contributed by atoms with Gasteiger partial charge in [-0.2, -0.15) is 0 Å². The van der Waals surface area contributed by atoms with Gasteiger partial charge in [0.1, 0.15) is 0 Å². The fourth-order valence-corrected chi connectivity index (χ4v) is 2.05. The Balaban J connectivity index is 2.49. The Kier molecular flexibility index (Phi) is 2.85. The number of carbonyl (C=O) groups is 2. The van der Waals surface area contributed by atoms with Gasteiger partial charge in [0.15, 0.2) is 0 Å². The van der Waals surface area contributed by atoms with Crippen LogP contribution in [0, 0.1) is 0 Å². The summed E-state index contributed by atoms with van der Waals surface area (Å²) in [6, 6.07) is 4.90. The lowest BCUT2D eigenvalue weighted by Gasteiger charge is -2.09. The number of carbonyl (C=O) groups excluding carboxylic acids is 2. The molecular formula is C12H13NO4. The van der Waals surface area contributed by atoms with Gasteiger partial charge in [-0.1, -0.05) is 0 Å². The second-order valence-corrected chi connectivity index (χ2v) is 3.90. The highest BCUT2D eigenvalue weighted by Crippen LogP contribution is 2.36. The van der Waals surface area contributed by atoms with Crippen molar-refractivity contribution in [3.8, 4) is 0 Å². The van der Waals surface area contributed by atoms with Crippen molar-refractivity contribution in [1.82, 2.24) is 0 Å². The summed E-state index contributed by atoms with van der Waals surface area (Å²) in [5, 5.41) is 9.22. The maximum absolute atomic E-state index is 11.8. The van der Waals surface area contributed by atoms with Crippen molar-refractivity contribution in [2.24, 2.45) is 0 Å². The first-order valence-electron chi connectivity index (χ1n) is 5.20. The van der Waals surface area contributed by atoms with Gasteiger partial charge >= 0.3 is 5.97 Å². The molecule has 0 fully saturated rings. The van der Waals surface area contributed by atoms with E-state index >= 15 is 0 Å². The lowest BCUT2D eigenvalue weighted by Crippen LogP contribution is -2.25. The summed E-state index contributed by atoms with van der Waals surface area (Å²) >= 11 is 0. The molecule has 5 nitrogen and oxygen atoms in total. The number of aliphatic hydroxyl groups excluding tert-OH is 1. The maximum atomic E-state index is 11.8. The van der Waals surface area contributed by atoms with Crippen molar-refractivity contribution < 1.29 is 19.4 Å². The highest BCUT2D eigenvalue weighted by atomic mass is 16.5. The van der Waals surface area contributed by atoms with Crippen molar-refractivity contribution in [3.63, 3.8) is 0 Å². The lowest BCUT2D eigenvalue weighted by molar-refractivity contribution is -0.119. The first-order valence-corrected chi connectivity index (χ1v) is 5.20. The molecule has 1 N–H and O–H groups in total. The molecule has 1 atom stereocenters. The highest BCUT2D eigenvalue weighted by molar-refractivity contribution is 6.05. The molecule has 1 aliphatic rings. The van der Waals surface area contributed by atoms with Crippen LogP contribution in [-0.4, -0.2) is 37.7 Å². The number of nitrogens with zero attached hydrogens (tertiary/aromatic N) is 1. The third-order valence-corrected chi connectivity index (χ3v) is 3.00. The summed E-state index contributed by atoms with van der Waals surface area (Å²) in [7, 11) is 2.95. The summed E-state index contributed by atoms with van der Waals surface area (Å²) in [5.41, 5.74) is 1.78. The summed E-state index contributed by atoms with van der Waals surface area (Å²) in [6.07, 6.45) is 0. The third-order valence-electron chi connectivity index (χ3n) is 3.00. The Labute approximate surface area is 98.6 Å². The fourth-order valence-electron chi connectivity index (χ4n) is 2.05. The number of fused-ring (bicyclic) bond motifs is 1. The molecule has 0 saturated carbocycles. The molecule has 1 unspecified atom stereocenters. The predicted molar refractivity (Wildman–Crippen MR) is 61.0 cm³/mol. The number of anilines is 1. The fraction of sp³-hybridized carbons (Fsp3) is 0.333. The number of hydrogen-bond acceptors (Lipinski definition) is 4. The van der Waals surface area contributed by atoms with Gasteiger partial charge < -0.3 is 14.7 Å². The van der Waals surface area contributed by atoms with Crippen molar-refractivity contribution in [2.75, 3.05) is 25.7 Å². The zero-order valence-electron chi connectivity index (χ0n) is 9.64. The molecule has 0 spiro atoms. The number of hydrogen-bond donors (Lipinski definition) is 1. The molecule has 1 amide bonds. The molecule has 5 heteroatoms. The normalized spacial score (nSPS) is 18.2. The van der Waals surface area contributed by atoms with E-state index in [1.54, 1.807) is 25.2 Å². The van der Waals surface area contributed by atoms with Gasteiger partial charge in [0.25, 0.3) is 0 Å². The first kappa shape index (κ1) is 11.6. The van der Waals surface area contributed by atoms with E-state index in [9.17, 15) is 14.7 Å². The molecule has 2 rings (SSSR count). The zero-order valence-corrected chi connectivity index (χ0v) is 9.64. The number of rotatable bonds is 2.